The van der Waals surface area contributed by atoms with E-state index >= 15 is 0 Å². The average molecular weight is 824 g/mol. The minimum absolute atomic E-state index is 0.0196. The van der Waals surface area contributed by atoms with Crippen molar-refractivity contribution in [2.24, 2.45) is 20.5 Å². The van der Waals surface area contributed by atoms with Crippen LogP contribution in [-0.2, 0) is 56.2 Å². The molecule has 26 heteroatoms. The molecule has 280 valence electrons. The van der Waals surface area contributed by atoms with Crippen molar-refractivity contribution in [3.8, 4) is 5.75 Å². The van der Waals surface area contributed by atoms with Crippen LogP contribution in [0, 0.1) is 0 Å². The lowest BCUT2D eigenvalue weighted by Gasteiger charge is -2.12. The Labute approximate surface area is 306 Å². The van der Waals surface area contributed by atoms with E-state index < -0.39 is 36.9 Å². The summed E-state index contributed by atoms with van der Waals surface area (Å²) in [5.41, 5.74) is 6.31. The molecule has 4 rings (SSSR count). The first-order valence-electron chi connectivity index (χ1n) is 13.8. The maximum Gasteiger partial charge on any atom is 0.197 e. The van der Waals surface area contributed by atoms with E-state index in [2.05, 4.69) is 48.6 Å². The van der Waals surface area contributed by atoms with Gasteiger partial charge >= 0.3 is 0 Å². The molecule has 6 N–H and O–H groups in total. The SMILES string of the molecule is Nc1ccc2c(O)c(N=Nc3ccc(S(=O)(=O)CCOSOOO)cc3)c(SOOO)cc2c1N=Nc1ccccc1S(=O)(=O)CCOSOOO. The van der Waals surface area contributed by atoms with Crippen LogP contribution >= 0.6 is 36.7 Å². The zero-order chi connectivity index (χ0) is 37.6. The molecule has 0 fully saturated rings. The monoisotopic (exact) mass is 823 g/mol. The van der Waals surface area contributed by atoms with Gasteiger partial charge in [-0.25, -0.2) is 32.6 Å². The van der Waals surface area contributed by atoms with Crippen molar-refractivity contribution in [2.75, 3.05) is 30.5 Å². The maximum absolute atomic E-state index is 13.0. The third kappa shape index (κ3) is 11.2. The Morgan fingerprint density at radius 1 is 0.673 bits per heavy atom. The number of nitrogens with zero attached hydrogens (tertiary/aromatic N) is 4. The molecule has 0 saturated carbocycles. The Morgan fingerprint density at radius 3 is 1.94 bits per heavy atom. The standard InChI is InChI=1S/C26H25N5O16S5/c27-20-10-9-18-19(24(20)30-29-21-3-1-2-4-23(21)52(38,39)14-12-41-50-47-44-35)15-22(48-45-42-33)25(26(18)32)31-28-16-5-7-17(8-6-16)51(36,37)13-11-40-49-46-43-34/h1-10,15,32-35H,11-14,27H2. The van der Waals surface area contributed by atoms with E-state index in [-0.39, 0.29) is 91.8 Å². The van der Waals surface area contributed by atoms with Gasteiger partial charge in [-0.05, 0) is 54.6 Å². The quantitative estimate of drug-likeness (QED) is 0.0142. The van der Waals surface area contributed by atoms with Crippen molar-refractivity contribution in [1.82, 2.24) is 0 Å². The van der Waals surface area contributed by atoms with Crippen LogP contribution in [0.15, 0.2) is 102 Å². The molecule has 52 heavy (non-hydrogen) atoms. The number of rotatable bonds is 21. The van der Waals surface area contributed by atoms with Gasteiger partial charge in [-0.1, -0.05) is 27.2 Å². The summed E-state index contributed by atoms with van der Waals surface area (Å²) in [4.78, 5) is -0.196. The molecular formula is C26H25N5O16S5. The molecule has 0 saturated heterocycles. The predicted octanol–water partition coefficient (Wildman–Crippen LogP) is 6.94. The van der Waals surface area contributed by atoms with Gasteiger partial charge in [-0.15, -0.1) is 28.3 Å². The van der Waals surface area contributed by atoms with E-state index in [1.54, 1.807) is 0 Å². The van der Waals surface area contributed by atoms with Crippen molar-refractivity contribution in [1.29, 1.82) is 0 Å². The van der Waals surface area contributed by atoms with Crippen LogP contribution < -0.4 is 5.73 Å². The molecule has 4 aromatic rings. The van der Waals surface area contributed by atoms with Gasteiger partial charge in [0.15, 0.2) is 50.1 Å². The van der Waals surface area contributed by atoms with Crippen LogP contribution in [-0.4, -0.2) is 62.4 Å². The summed E-state index contributed by atoms with van der Waals surface area (Å²) in [6.07, 6.45) is 0. The molecule has 0 unspecified atom stereocenters. The zero-order valence-electron chi connectivity index (χ0n) is 25.8. The summed E-state index contributed by atoms with van der Waals surface area (Å²) in [7, 11) is -7.73. The van der Waals surface area contributed by atoms with Crippen molar-refractivity contribution >= 4 is 95.6 Å². The van der Waals surface area contributed by atoms with Gasteiger partial charge in [0.2, 0.25) is 0 Å². The summed E-state index contributed by atoms with van der Waals surface area (Å²) in [6, 6.07) is 15.3. The van der Waals surface area contributed by atoms with Crippen LogP contribution in [0.25, 0.3) is 10.8 Å². The fourth-order valence-electron chi connectivity index (χ4n) is 4.13. The van der Waals surface area contributed by atoms with Gasteiger partial charge < -0.3 is 10.8 Å². The van der Waals surface area contributed by atoms with E-state index in [0.29, 0.717) is 12.0 Å². The molecule has 0 bridgehead atoms. The van der Waals surface area contributed by atoms with Crippen LogP contribution in [0.3, 0.4) is 0 Å². The Hall–Kier alpha value is -3.55. The summed E-state index contributed by atoms with van der Waals surface area (Å²) >= 11 is 0.900. The van der Waals surface area contributed by atoms with Crippen molar-refractivity contribution in [3.63, 3.8) is 0 Å². The van der Waals surface area contributed by atoms with E-state index in [1.807, 2.05) is 0 Å². The first-order chi connectivity index (χ1) is 25.0. The number of hydrogen-bond donors (Lipinski definition) is 5. The number of aromatic hydroxyl groups is 1. The second-order valence-corrected chi connectivity index (χ2v) is 15.4. The molecule has 0 atom stereocenters. The van der Waals surface area contributed by atoms with E-state index in [9.17, 15) is 21.9 Å². The summed E-state index contributed by atoms with van der Waals surface area (Å²) in [5.74, 6) is -1.35. The first-order valence-corrected chi connectivity index (χ1v) is 19.1. The Morgan fingerprint density at radius 2 is 1.29 bits per heavy atom. The number of anilines is 1. The minimum Gasteiger partial charge on any atom is -0.505 e. The number of azo groups is 2. The van der Waals surface area contributed by atoms with Gasteiger partial charge in [-0.2, -0.15) is 5.11 Å². The number of benzene rings is 4. The van der Waals surface area contributed by atoms with Gasteiger partial charge in [-0.3, -0.25) is 8.37 Å². The Balaban J connectivity index is 1.64. The van der Waals surface area contributed by atoms with E-state index in [4.69, 9.17) is 29.9 Å². The highest BCUT2D eigenvalue weighted by atomic mass is 32.2. The van der Waals surface area contributed by atoms with Crippen LogP contribution in [0.4, 0.5) is 28.4 Å². The summed E-state index contributed by atoms with van der Waals surface area (Å²) < 4.78 is 73.4. The molecular weight excluding hydrogens is 799 g/mol. The van der Waals surface area contributed by atoms with Crippen molar-refractivity contribution in [2.45, 2.75) is 14.7 Å². The Kier molecular flexibility index (Phi) is 15.9. The zero-order valence-corrected chi connectivity index (χ0v) is 29.9. The van der Waals surface area contributed by atoms with Gasteiger partial charge in [0.05, 0.1) is 62.8 Å². The van der Waals surface area contributed by atoms with E-state index in [0.717, 1.165) is 0 Å². The predicted molar refractivity (Wildman–Crippen MR) is 183 cm³/mol. The molecule has 0 aliphatic rings. The molecule has 0 aliphatic carbocycles. The fourth-order valence-corrected chi connectivity index (χ4v) is 7.58. The number of nitrogens with two attached hydrogens (primary N) is 1. The molecule has 0 amide bonds. The number of fused-ring (bicyclic) bond motifs is 1. The average Bonchev–Trinajstić information content (AvgIpc) is 3.13. The molecule has 0 radical (unpaired) electrons. The molecule has 0 aliphatic heterocycles. The third-order valence-corrected chi connectivity index (χ3v) is 11.2. The smallest absolute Gasteiger partial charge is 0.197 e. The number of nitrogen functional groups attached to an aromatic ring is 1. The molecule has 21 nitrogen and oxygen atoms in total. The number of hydrogen-bond acceptors (Lipinski definition) is 24. The second kappa shape index (κ2) is 20.1. The Bertz CT molecular complexity index is 2090. The molecule has 0 spiro atoms. The van der Waals surface area contributed by atoms with Crippen LogP contribution in [0.5, 0.6) is 5.75 Å². The molecule has 4 aromatic carbocycles. The molecule has 0 aromatic heterocycles. The van der Waals surface area contributed by atoms with Crippen LogP contribution in [0.2, 0.25) is 0 Å². The second-order valence-electron chi connectivity index (χ2n) is 9.46. The third-order valence-electron chi connectivity index (χ3n) is 6.39. The highest BCUT2D eigenvalue weighted by Gasteiger charge is 2.21. The lowest BCUT2D eigenvalue weighted by molar-refractivity contribution is -0.434. The normalized spacial score (nSPS) is 12.4. The van der Waals surface area contributed by atoms with Crippen molar-refractivity contribution in [3.05, 3.63) is 66.7 Å². The number of phenolic OH excluding ortho intramolecular Hbond substituents is 1. The lowest BCUT2D eigenvalue weighted by Crippen LogP contribution is -2.11. The van der Waals surface area contributed by atoms with Gasteiger partial charge in [0.25, 0.3) is 0 Å². The number of phenols is 1. The summed E-state index contributed by atoms with van der Waals surface area (Å²) in [5, 5.41) is 63.6. The minimum atomic E-state index is -3.96. The first kappa shape index (κ1) is 41.2. The fraction of sp³-hybridized carbons (Fsp3) is 0.154. The van der Waals surface area contributed by atoms with Crippen molar-refractivity contribution < 1.29 is 74.2 Å². The molecule has 0 heterocycles. The highest BCUT2D eigenvalue weighted by Crippen LogP contribution is 2.47. The van der Waals surface area contributed by atoms with E-state index in [1.165, 1.54) is 66.7 Å². The summed E-state index contributed by atoms with van der Waals surface area (Å²) in [6.45, 7) is -0.612. The van der Waals surface area contributed by atoms with Gasteiger partial charge in [0.1, 0.15) is 17.1 Å². The van der Waals surface area contributed by atoms with Gasteiger partial charge in [0, 0.05) is 10.8 Å². The highest BCUT2D eigenvalue weighted by molar-refractivity contribution is 7.94. The number of sulfone groups is 2. The maximum atomic E-state index is 13.0. The largest absolute Gasteiger partial charge is 0.505 e. The topological polar surface area (TPSA) is 298 Å². The lowest BCUT2D eigenvalue weighted by atomic mass is 10.1. The van der Waals surface area contributed by atoms with Crippen LogP contribution in [0.1, 0.15) is 0 Å².